The van der Waals surface area contributed by atoms with E-state index in [1.807, 2.05) is 21.0 Å². The largest absolute Gasteiger partial charge is 0.494 e. The number of hydrogen-bond donors (Lipinski definition) is 2. The van der Waals surface area contributed by atoms with Crippen LogP contribution in [-0.2, 0) is 0 Å². The average Bonchev–Trinajstić information content (AvgIpc) is 2.57. The van der Waals surface area contributed by atoms with E-state index < -0.39 is 6.03 Å². The van der Waals surface area contributed by atoms with Crippen LogP contribution < -0.4 is 25.0 Å². The minimum absolute atomic E-state index is 0.233. The van der Waals surface area contributed by atoms with E-state index in [9.17, 15) is 4.79 Å². The molecule has 8 heteroatoms. The summed E-state index contributed by atoms with van der Waals surface area (Å²) in [7, 11) is 5.12. The standard InChI is InChI=1S/C16H21N5O3/c1-5-24-12-8-6-11(7-9-12)18-15(22)19-13-10-17-16(23-4)20-14(13)21(2)3/h6-10H,5H2,1-4H3,(H2,18,19,22). The lowest BCUT2D eigenvalue weighted by Gasteiger charge is -2.17. The molecule has 0 aliphatic heterocycles. The molecule has 1 aromatic heterocycles. The molecule has 0 fully saturated rings. The third-order valence-corrected chi connectivity index (χ3v) is 3.02. The highest BCUT2D eigenvalue weighted by Gasteiger charge is 2.12. The number of benzene rings is 1. The summed E-state index contributed by atoms with van der Waals surface area (Å²) in [6.07, 6.45) is 1.50. The minimum atomic E-state index is -0.393. The van der Waals surface area contributed by atoms with Crippen molar-refractivity contribution in [2.45, 2.75) is 6.92 Å². The Kier molecular flexibility index (Phi) is 5.78. The predicted octanol–water partition coefficient (Wildman–Crippen LogP) is 2.59. The quantitative estimate of drug-likeness (QED) is 0.846. The van der Waals surface area contributed by atoms with Crippen molar-refractivity contribution in [3.05, 3.63) is 30.5 Å². The second-order valence-electron chi connectivity index (χ2n) is 5.02. The summed E-state index contributed by atoms with van der Waals surface area (Å²) >= 11 is 0. The number of carbonyl (C=O) groups is 1. The van der Waals surface area contributed by atoms with Gasteiger partial charge in [0.1, 0.15) is 11.4 Å². The Morgan fingerprint density at radius 3 is 2.50 bits per heavy atom. The number of hydrogen-bond acceptors (Lipinski definition) is 6. The van der Waals surface area contributed by atoms with Gasteiger partial charge in [-0.3, -0.25) is 0 Å². The number of carbonyl (C=O) groups excluding carboxylic acids is 1. The second-order valence-corrected chi connectivity index (χ2v) is 5.02. The van der Waals surface area contributed by atoms with Crippen LogP contribution in [0.1, 0.15) is 6.92 Å². The van der Waals surface area contributed by atoms with Crippen molar-refractivity contribution < 1.29 is 14.3 Å². The topological polar surface area (TPSA) is 88.6 Å². The van der Waals surface area contributed by atoms with Crippen LogP contribution in [0.4, 0.5) is 22.0 Å². The van der Waals surface area contributed by atoms with E-state index in [2.05, 4.69) is 20.6 Å². The third kappa shape index (κ3) is 4.48. The highest BCUT2D eigenvalue weighted by atomic mass is 16.5. The van der Waals surface area contributed by atoms with E-state index in [0.717, 1.165) is 5.75 Å². The third-order valence-electron chi connectivity index (χ3n) is 3.02. The van der Waals surface area contributed by atoms with Gasteiger partial charge < -0.3 is 25.0 Å². The number of anilines is 3. The molecule has 128 valence electrons. The van der Waals surface area contributed by atoms with Gasteiger partial charge in [-0.2, -0.15) is 4.98 Å². The first-order chi connectivity index (χ1) is 11.5. The molecule has 2 aromatic rings. The Morgan fingerprint density at radius 1 is 1.21 bits per heavy atom. The van der Waals surface area contributed by atoms with E-state index in [1.54, 1.807) is 29.2 Å². The Morgan fingerprint density at radius 2 is 1.92 bits per heavy atom. The van der Waals surface area contributed by atoms with Gasteiger partial charge in [-0.1, -0.05) is 0 Å². The molecule has 0 radical (unpaired) electrons. The molecular formula is C16H21N5O3. The highest BCUT2D eigenvalue weighted by molar-refractivity contribution is 6.01. The van der Waals surface area contributed by atoms with E-state index >= 15 is 0 Å². The van der Waals surface area contributed by atoms with Crippen molar-refractivity contribution in [3.63, 3.8) is 0 Å². The fourth-order valence-corrected chi connectivity index (χ4v) is 1.97. The van der Waals surface area contributed by atoms with Gasteiger partial charge in [-0.05, 0) is 31.2 Å². The van der Waals surface area contributed by atoms with Crippen molar-refractivity contribution in [2.24, 2.45) is 0 Å². The fraction of sp³-hybridized carbons (Fsp3) is 0.312. The maximum absolute atomic E-state index is 12.2. The summed E-state index contributed by atoms with van der Waals surface area (Å²) in [5.41, 5.74) is 1.13. The summed E-state index contributed by atoms with van der Waals surface area (Å²) in [6.45, 7) is 2.51. The van der Waals surface area contributed by atoms with Crippen LogP contribution in [0.5, 0.6) is 11.8 Å². The predicted molar refractivity (Wildman–Crippen MR) is 93.2 cm³/mol. The maximum atomic E-state index is 12.2. The smallest absolute Gasteiger partial charge is 0.323 e. The molecule has 0 unspecified atom stereocenters. The molecule has 2 N–H and O–H groups in total. The zero-order valence-electron chi connectivity index (χ0n) is 14.2. The number of methoxy groups -OCH3 is 1. The van der Waals surface area contributed by atoms with Gasteiger partial charge in [0.15, 0.2) is 5.82 Å². The van der Waals surface area contributed by atoms with E-state index in [4.69, 9.17) is 9.47 Å². The summed E-state index contributed by atoms with van der Waals surface area (Å²) in [6, 6.07) is 6.96. The van der Waals surface area contributed by atoms with Crippen LogP contribution in [0.2, 0.25) is 0 Å². The first-order valence-corrected chi connectivity index (χ1v) is 7.42. The number of ether oxygens (including phenoxy) is 2. The molecule has 2 rings (SSSR count). The van der Waals surface area contributed by atoms with Gasteiger partial charge in [-0.25, -0.2) is 9.78 Å². The number of aromatic nitrogens is 2. The molecule has 0 aliphatic rings. The SMILES string of the molecule is CCOc1ccc(NC(=O)Nc2cnc(OC)nc2N(C)C)cc1. The molecule has 0 atom stereocenters. The number of urea groups is 1. The van der Waals surface area contributed by atoms with Gasteiger partial charge in [0.05, 0.1) is 19.9 Å². The minimum Gasteiger partial charge on any atom is -0.494 e. The first kappa shape index (κ1) is 17.3. The average molecular weight is 331 g/mol. The first-order valence-electron chi connectivity index (χ1n) is 7.42. The lowest BCUT2D eigenvalue weighted by Crippen LogP contribution is -2.22. The van der Waals surface area contributed by atoms with Crippen LogP contribution in [0, 0.1) is 0 Å². The van der Waals surface area contributed by atoms with Crippen molar-refractivity contribution >= 4 is 23.2 Å². The van der Waals surface area contributed by atoms with E-state index in [-0.39, 0.29) is 6.01 Å². The molecule has 8 nitrogen and oxygen atoms in total. The highest BCUT2D eigenvalue weighted by Crippen LogP contribution is 2.23. The van der Waals surface area contributed by atoms with E-state index in [1.165, 1.54) is 13.3 Å². The Hall–Kier alpha value is -3.03. The molecule has 1 aromatic carbocycles. The van der Waals surface area contributed by atoms with Gasteiger partial charge in [0.2, 0.25) is 0 Å². The normalized spacial score (nSPS) is 10.0. The van der Waals surface area contributed by atoms with Gasteiger partial charge in [0.25, 0.3) is 0 Å². The summed E-state index contributed by atoms with van der Waals surface area (Å²) in [5, 5.41) is 5.47. The number of nitrogens with zero attached hydrogens (tertiary/aromatic N) is 3. The van der Waals surface area contributed by atoms with Crippen LogP contribution in [-0.4, -0.2) is 43.8 Å². The molecular weight excluding hydrogens is 310 g/mol. The second kappa shape index (κ2) is 8.00. The summed E-state index contributed by atoms with van der Waals surface area (Å²) < 4.78 is 10.4. The summed E-state index contributed by atoms with van der Waals surface area (Å²) in [4.78, 5) is 22.2. The van der Waals surface area contributed by atoms with E-state index in [0.29, 0.717) is 23.8 Å². The monoisotopic (exact) mass is 331 g/mol. The Labute approximate surface area is 140 Å². The van der Waals surface area contributed by atoms with Crippen molar-refractivity contribution in [2.75, 3.05) is 43.3 Å². The molecule has 2 amide bonds. The van der Waals surface area contributed by atoms with Crippen LogP contribution >= 0.6 is 0 Å². The van der Waals surface area contributed by atoms with Crippen molar-refractivity contribution in [3.8, 4) is 11.8 Å². The maximum Gasteiger partial charge on any atom is 0.323 e. The molecule has 0 bridgehead atoms. The molecule has 1 heterocycles. The van der Waals surface area contributed by atoms with Gasteiger partial charge >= 0.3 is 12.0 Å². The number of rotatable bonds is 6. The Bertz CT molecular complexity index is 689. The lowest BCUT2D eigenvalue weighted by atomic mass is 10.3. The molecule has 0 saturated heterocycles. The molecule has 24 heavy (non-hydrogen) atoms. The van der Waals surface area contributed by atoms with Crippen LogP contribution in [0.15, 0.2) is 30.5 Å². The zero-order valence-corrected chi connectivity index (χ0v) is 14.2. The Balaban J connectivity index is 2.06. The van der Waals surface area contributed by atoms with Gasteiger partial charge in [-0.15, -0.1) is 0 Å². The van der Waals surface area contributed by atoms with Gasteiger partial charge in [0, 0.05) is 19.8 Å². The zero-order chi connectivity index (χ0) is 17.5. The molecule has 0 aliphatic carbocycles. The number of amides is 2. The van der Waals surface area contributed by atoms with Crippen molar-refractivity contribution in [1.82, 2.24) is 9.97 Å². The van der Waals surface area contributed by atoms with Crippen molar-refractivity contribution in [1.29, 1.82) is 0 Å². The number of nitrogens with one attached hydrogen (secondary N) is 2. The van der Waals surface area contributed by atoms with Crippen LogP contribution in [0.25, 0.3) is 0 Å². The lowest BCUT2D eigenvalue weighted by molar-refractivity contribution is 0.262. The summed E-state index contributed by atoms with van der Waals surface area (Å²) in [5.74, 6) is 1.30. The molecule has 0 saturated carbocycles. The molecule has 0 spiro atoms. The van der Waals surface area contributed by atoms with Crippen LogP contribution in [0.3, 0.4) is 0 Å². The fourth-order valence-electron chi connectivity index (χ4n) is 1.97.